The summed E-state index contributed by atoms with van der Waals surface area (Å²) in [6, 6.07) is 8.03. The number of aryl methyl sites for hydroxylation is 1. The molecule has 0 saturated carbocycles. The third-order valence-electron chi connectivity index (χ3n) is 4.62. The molecule has 6 heteroatoms. The molecule has 0 aliphatic carbocycles. The zero-order valence-corrected chi connectivity index (χ0v) is 14.1. The lowest BCUT2D eigenvalue weighted by molar-refractivity contribution is -0.159. The van der Waals surface area contributed by atoms with Crippen molar-refractivity contribution in [2.45, 2.75) is 31.9 Å². The van der Waals surface area contributed by atoms with E-state index in [2.05, 4.69) is 9.88 Å². The second-order valence-electron chi connectivity index (χ2n) is 6.45. The maximum absolute atomic E-state index is 13.3. The SMILES string of the molecule is Cc1cc(F)ccc1OC1(C(=O)O)CCN(Cc2cccnc2)CC1. The zero-order chi connectivity index (χ0) is 17.9. The smallest absolute Gasteiger partial charge is 0.348 e. The van der Waals surface area contributed by atoms with Gasteiger partial charge in [-0.1, -0.05) is 6.07 Å². The first-order valence-corrected chi connectivity index (χ1v) is 8.28. The molecule has 1 aliphatic rings. The van der Waals surface area contributed by atoms with Crippen molar-refractivity contribution in [3.8, 4) is 5.75 Å². The second-order valence-corrected chi connectivity index (χ2v) is 6.45. The van der Waals surface area contributed by atoms with Crippen LogP contribution in [-0.4, -0.2) is 39.7 Å². The molecule has 0 atom stereocenters. The molecule has 1 aromatic heterocycles. The van der Waals surface area contributed by atoms with E-state index in [1.165, 1.54) is 18.2 Å². The van der Waals surface area contributed by atoms with Crippen molar-refractivity contribution in [2.75, 3.05) is 13.1 Å². The summed E-state index contributed by atoms with van der Waals surface area (Å²) in [4.78, 5) is 18.2. The molecule has 0 unspecified atom stereocenters. The van der Waals surface area contributed by atoms with Crippen LogP contribution < -0.4 is 4.74 Å². The van der Waals surface area contributed by atoms with Crippen LogP contribution in [0.4, 0.5) is 4.39 Å². The molecule has 1 aliphatic heterocycles. The minimum absolute atomic E-state index is 0.361. The number of piperidine rings is 1. The number of likely N-dealkylation sites (tertiary alicyclic amines) is 1. The van der Waals surface area contributed by atoms with Gasteiger partial charge < -0.3 is 9.84 Å². The first-order valence-electron chi connectivity index (χ1n) is 8.28. The standard InChI is InChI=1S/C19H21FN2O3/c1-14-11-16(20)4-5-17(14)25-19(18(23)24)6-9-22(10-7-19)13-15-3-2-8-21-12-15/h2-5,8,11-12H,6-7,9-10,13H2,1H3,(H,23,24). The van der Waals surface area contributed by atoms with E-state index < -0.39 is 11.6 Å². The first-order chi connectivity index (χ1) is 12.0. The lowest BCUT2D eigenvalue weighted by atomic mass is 9.90. The number of carbonyl (C=O) groups is 1. The molecule has 3 rings (SSSR count). The van der Waals surface area contributed by atoms with Gasteiger partial charge in [0.1, 0.15) is 11.6 Å². The van der Waals surface area contributed by atoms with Gasteiger partial charge in [-0.2, -0.15) is 0 Å². The Hall–Kier alpha value is -2.47. The summed E-state index contributed by atoms with van der Waals surface area (Å²) in [5, 5.41) is 9.74. The second kappa shape index (κ2) is 7.19. The van der Waals surface area contributed by atoms with Gasteiger partial charge in [0.15, 0.2) is 0 Å². The van der Waals surface area contributed by atoms with E-state index in [9.17, 15) is 14.3 Å². The maximum atomic E-state index is 13.3. The molecule has 25 heavy (non-hydrogen) atoms. The minimum atomic E-state index is -1.27. The van der Waals surface area contributed by atoms with Crippen molar-refractivity contribution in [3.05, 3.63) is 59.7 Å². The van der Waals surface area contributed by atoms with Crippen molar-refractivity contribution in [2.24, 2.45) is 0 Å². The lowest BCUT2D eigenvalue weighted by Crippen LogP contribution is -2.53. The van der Waals surface area contributed by atoms with Gasteiger partial charge in [0, 0.05) is 44.9 Å². The largest absolute Gasteiger partial charge is 0.478 e. The Morgan fingerprint density at radius 3 is 2.72 bits per heavy atom. The van der Waals surface area contributed by atoms with Crippen molar-refractivity contribution >= 4 is 5.97 Å². The van der Waals surface area contributed by atoms with Gasteiger partial charge in [-0.3, -0.25) is 9.88 Å². The number of rotatable bonds is 5. The molecule has 132 valence electrons. The van der Waals surface area contributed by atoms with Crippen LogP contribution in [0.1, 0.15) is 24.0 Å². The predicted octanol–water partition coefficient (Wildman–Crippen LogP) is 3.03. The van der Waals surface area contributed by atoms with E-state index in [0.29, 0.717) is 37.2 Å². The maximum Gasteiger partial charge on any atom is 0.348 e. The Labute approximate surface area is 146 Å². The molecule has 2 aromatic rings. The number of nitrogens with zero attached hydrogens (tertiary/aromatic N) is 2. The highest BCUT2D eigenvalue weighted by molar-refractivity contribution is 5.78. The summed E-state index contributed by atoms with van der Waals surface area (Å²) in [6.45, 7) is 3.67. The number of pyridine rings is 1. The van der Waals surface area contributed by atoms with Crippen LogP contribution in [0.15, 0.2) is 42.7 Å². The van der Waals surface area contributed by atoms with Crippen LogP contribution in [0.3, 0.4) is 0 Å². The van der Waals surface area contributed by atoms with Crippen LogP contribution in [0, 0.1) is 12.7 Å². The van der Waals surface area contributed by atoms with Crippen LogP contribution in [0.2, 0.25) is 0 Å². The van der Waals surface area contributed by atoms with Gasteiger partial charge in [0.05, 0.1) is 0 Å². The molecular formula is C19H21FN2O3. The number of ether oxygens (including phenoxy) is 1. The Bertz CT molecular complexity index is 744. The predicted molar refractivity (Wildman–Crippen MR) is 90.9 cm³/mol. The Morgan fingerprint density at radius 1 is 1.36 bits per heavy atom. The van der Waals surface area contributed by atoms with Crippen LogP contribution in [0.5, 0.6) is 5.75 Å². The summed E-state index contributed by atoms with van der Waals surface area (Å²) < 4.78 is 19.1. The van der Waals surface area contributed by atoms with E-state index in [4.69, 9.17) is 4.74 Å². The number of carboxylic acids is 1. The third kappa shape index (κ3) is 3.96. The minimum Gasteiger partial charge on any atom is -0.478 e. The summed E-state index contributed by atoms with van der Waals surface area (Å²) in [6.07, 6.45) is 4.30. The molecular weight excluding hydrogens is 323 g/mol. The number of carboxylic acid groups (broad SMARTS) is 1. The number of hydrogen-bond donors (Lipinski definition) is 1. The fraction of sp³-hybridized carbons (Fsp3) is 0.368. The quantitative estimate of drug-likeness (QED) is 0.903. The van der Waals surface area contributed by atoms with E-state index in [1.807, 2.05) is 18.3 Å². The highest BCUT2D eigenvalue weighted by Crippen LogP contribution is 2.31. The molecule has 5 nitrogen and oxygen atoms in total. The highest BCUT2D eigenvalue weighted by atomic mass is 19.1. The van der Waals surface area contributed by atoms with Crippen LogP contribution in [-0.2, 0) is 11.3 Å². The van der Waals surface area contributed by atoms with E-state index in [1.54, 1.807) is 13.1 Å². The summed E-state index contributed by atoms with van der Waals surface area (Å²) in [7, 11) is 0. The Kier molecular flexibility index (Phi) is 4.99. The fourth-order valence-corrected chi connectivity index (χ4v) is 3.12. The van der Waals surface area contributed by atoms with Gasteiger partial charge in [-0.05, 0) is 42.3 Å². The molecule has 1 saturated heterocycles. The molecule has 0 bridgehead atoms. The Balaban J connectivity index is 1.69. The average molecular weight is 344 g/mol. The highest BCUT2D eigenvalue weighted by Gasteiger charge is 2.44. The Morgan fingerprint density at radius 2 is 2.12 bits per heavy atom. The van der Waals surface area contributed by atoms with Gasteiger partial charge in [-0.15, -0.1) is 0 Å². The number of aromatic nitrogens is 1. The summed E-state index contributed by atoms with van der Waals surface area (Å²) >= 11 is 0. The van der Waals surface area contributed by atoms with Crippen molar-refractivity contribution in [1.29, 1.82) is 0 Å². The van der Waals surface area contributed by atoms with Gasteiger partial charge in [-0.25, -0.2) is 9.18 Å². The number of benzene rings is 1. The normalized spacial score (nSPS) is 17.2. The van der Waals surface area contributed by atoms with Crippen LogP contribution in [0.25, 0.3) is 0 Å². The van der Waals surface area contributed by atoms with Gasteiger partial charge in [0.2, 0.25) is 5.60 Å². The molecule has 0 amide bonds. The topological polar surface area (TPSA) is 62.7 Å². The van der Waals surface area contributed by atoms with E-state index >= 15 is 0 Å². The lowest BCUT2D eigenvalue weighted by Gasteiger charge is -2.39. The molecule has 1 aromatic carbocycles. The summed E-state index contributed by atoms with van der Waals surface area (Å²) in [5.74, 6) is -0.915. The zero-order valence-electron chi connectivity index (χ0n) is 14.1. The average Bonchev–Trinajstić information content (AvgIpc) is 2.60. The van der Waals surface area contributed by atoms with E-state index in [-0.39, 0.29) is 5.82 Å². The molecule has 0 radical (unpaired) electrons. The van der Waals surface area contributed by atoms with Crippen molar-refractivity contribution in [1.82, 2.24) is 9.88 Å². The summed E-state index contributed by atoms with van der Waals surface area (Å²) in [5.41, 5.74) is 0.424. The first kappa shape index (κ1) is 17.4. The number of hydrogen-bond acceptors (Lipinski definition) is 4. The number of halogens is 1. The monoisotopic (exact) mass is 344 g/mol. The van der Waals surface area contributed by atoms with E-state index in [0.717, 1.165) is 12.1 Å². The molecule has 1 N–H and O–H groups in total. The van der Waals surface area contributed by atoms with Crippen LogP contribution >= 0.6 is 0 Å². The molecule has 1 fully saturated rings. The fourth-order valence-electron chi connectivity index (χ4n) is 3.12. The van der Waals surface area contributed by atoms with Gasteiger partial charge >= 0.3 is 5.97 Å². The molecule has 2 heterocycles. The van der Waals surface area contributed by atoms with Crippen molar-refractivity contribution in [3.63, 3.8) is 0 Å². The van der Waals surface area contributed by atoms with Crippen molar-refractivity contribution < 1.29 is 19.0 Å². The third-order valence-corrected chi connectivity index (χ3v) is 4.62. The number of aliphatic carboxylic acids is 1. The van der Waals surface area contributed by atoms with Gasteiger partial charge in [0.25, 0.3) is 0 Å². The molecule has 0 spiro atoms.